The van der Waals surface area contributed by atoms with Crippen LogP contribution in [0, 0.1) is 17.5 Å². The second kappa shape index (κ2) is 4.12. The van der Waals surface area contributed by atoms with Crippen LogP contribution in [0.1, 0.15) is 24.8 Å². The van der Waals surface area contributed by atoms with E-state index >= 15 is 0 Å². The summed E-state index contributed by atoms with van der Waals surface area (Å²) in [5.74, 6) is -4.29. The van der Waals surface area contributed by atoms with E-state index in [1.54, 1.807) is 6.08 Å². The lowest BCUT2D eigenvalue weighted by molar-refractivity contribution is -0.114. The number of Topliss-reactive ketones (excluding diaryl/α,β-unsaturated/α-hetero) is 1. The molecular formula is C12H9F3O. The number of benzene rings is 1. The van der Waals surface area contributed by atoms with Gasteiger partial charge in [0.1, 0.15) is 0 Å². The molecule has 0 N–H and O–H groups in total. The second-order valence-electron chi connectivity index (χ2n) is 3.66. The fourth-order valence-electron chi connectivity index (χ4n) is 1.75. The SMILES string of the molecule is O=C1CCCC=C1c1ccc(F)c(F)c1F. The van der Waals surface area contributed by atoms with E-state index in [0.29, 0.717) is 19.3 Å². The van der Waals surface area contributed by atoms with Crippen LogP contribution in [-0.4, -0.2) is 5.78 Å². The number of rotatable bonds is 1. The molecule has 0 fully saturated rings. The zero-order valence-electron chi connectivity index (χ0n) is 8.40. The molecule has 0 spiro atoms. The quantitative estimate of drug-likeness (QED) is 0.672. The molecule has 0 amide bonds. The Labute approximate surface area is 90.6 Å². The van der Waals surface area contributed by atoms with Crippen LogP contribution in [0.25, 0.3) is 5.57 Å². The summed E-state index contributed by atoms with van der Waals surface area (Å²) in [6.07, 6.45) is 3.26. The Hall–Kier alpha value is -1.58. The van der Waals surface area contributed by atoms with Crippen LogP contribution in [0.5, 0.6) is 0 Å². The first-order valence-corrected chi connectivity index (χ1v) is 4.98. The lowest BCUT2D eigenvalue weighted by atomic mass is 9.92. The lowest BCUT2D eigenvalue weighted by Crippen LogP contribution is -2.09. The molecule has 0 radical (unpaired) electrons. The molecule has 0 saturated heterocycles. The topological polar surface area (TPSA) is 17.1 Å². The molecule has 1 aliphatic rings. The maximum Gasteiger partial charge on any atom is 0.195 e. The third-order valence-corrected chi connectivity index (χ3v) is 2.58. The van der Waals surface area contributed by atoms with Crippen LogP contribution in [0.3, 0.4) is 0 Å². The van der Waals surface area contributed by atoms with Gasteiger partial charge in [0.25, 0.3) is 0 Å². The Morgan fingerprint density at radius 3 is 2.50 bits per heavy atom. The molecule has 0 aliphatic heterocycles. The second-order valence-corrected chi connectivity index (χ2v) is 3.66. The average molecular weight is 226 g/mol. The van der Waals surface area contributed by atoms with Gasteiger partial charge in [-0.25, -0.2) is 13.2 Å². The van der Waals surface area contributed by atoms with E-state index in [1.807, 2.05) is 0 Å². The van der Waals surface area contributed by atoms with Gasteiger partial charge >= 0.3 is 0 Å². The highest BCUT2D eigenvalue weighted by Crippen LogP contribution is 2.27. The highest BCUT2D eigenvalue weighted by Gasteiger charge is 2.21. The Morgan fingerprint density at radius 1 is 1.06 bits per heavy atom. The van der Waals surface area contributed by atoms with Crippen molar-refractivity contribution in [2.24, 2.45) is 0 Å². The molecular weight excluding hydrogens is 217 g/mol. The van der Waals surface area contributed by atoms with Crippen molar-refractivity contribution in [1.29, 1.82) is 0 Å². The van der Waals surface area contributed by atoms with E-state index < -0.39 is 17.5 Å². The van der Waals surface area contributed by atoms with Crippen LogP contribution < -0.4 is 0 Å². The molecule has 0 heterocycles. The summed E-state index contributed by atoms with van der Waals surface area (Å²) in [6, 6.07) is 1.93. The van der Waals surface area contributed by atoms with E-state index in [9.17, 15) is 18.0 Å². The molecule has 1 nitrogen and oxygen atoms in total. The van der Waals surface area contributed by atoms with Crippen LogP contribution in [-0.2, 0) is 4.79 Å². The molecule has 1 aromatic carbocycles. The van der Waals surface area contributed by atoms with Crippen molar-refractivity contribution in [3.8, 4) is 0 Å². The number of carbonyl (C=O) groups excluding carboxylic acids is 1. The minimum absolute atomic E-state index is 0.149. The largest absolute Gasteiger partial charge is 0.294 e. The van der Waals surface area contributed by atoms with Crippen molar-refractivity contribution < 1.29 is 18.0 Å². The number of halogens is 3. The van der Waals surface area contributed by atoms with Gasteiger partial charge in [0.15, 0.2) is 23.2 Å². The molecule has 0 unspecified atom stereocenters. The van der Waals surface area contributed by atoms with Crippen LogP contribution in [0.2, 0.25) is 0 Å². The summed E-state index contributed by atoms with van der Waals surface area (Å²) >= 11 is 0. The number of ketones is 1. The van der Waals surface area contributed by atoms with Crippen molar-refractivity contribution >= 4 is 11.4 Å². The van der Waals surface area contributed by atoms with E-state index in [2.05, 4.69) is 0 Å². The van der Waals surface area contributed by atoms with Gasteiger partial charge in [-0.2, -0.15) is 0 Å². The van der Waals surface area contributed by atoms with Crippen LogP contribution in [0.15, 0.2) is 18.2 Å². The van der Waals surface area contributed by atoms with Crippen molar-refractivity contribution in [2.75, 3.05) is 0 Å². The smallest absolute Gasteiger partial charge is 0.195 e. The molecule has 0 aromatic heterocycles. The highest BCUT2D eigenvalue weighted by molar-refractivity contribution is 6.21. The van der Waals surface area contributed by atoms with Gasteiger partial charge < -0.3 is 0 Å². The van der Waals surface area contributed by atoms with Gasteiger partial charge in [-0.05, 0) is 25.0 Å². The molecule has 16 heavy (non-hydrogen) atoms. The van der Waals surface area contributed by atoms with Gasteiger partial charge in [-0.15, -0.1) is 0 Å². The molecule has 0 saturated carbocycles. The van der Waals surface area contributed by atoms with Crippen LogP contribution in [0.4, 0.5) is 13.2 Å². The fraction of sp³-hybridized carbons (Fsp3) is 0.250. The predicted octanol–water partition coefficient (Wildman–Crippen LogP) is 3.24. The summed E-state index contributed by atoms with van der Waals surface area (Å²) in [6.45, 7) is 0. The fourth-order valence-corrected chi connectivity index (χ4v) is 1.75. The first kappa shape index (κ1) is 10.9. The molecule has 4 heteroatoms. The predicted molar refractivity (Wildman–Crippen MR) is 53.2 cm³/mol. The van der Waals surface area contributed by atoms with Crippen molar-refractivity contribution in [3.05, 3.63) is 41.2 Å². The Balaban J connectivity index is 2.52. The molecule has 2 rings (SSSR count). The minimum atomic E-state index is -1.53. The summed E-state index contributed by atoms with van der Waals surface area (Å²) in [5, 5.41) is 0. The lowest BCUT2D eigenvalue weighted by Gasteiger charge is -2.12. The monoisotopic (exact) mass is 226 g/mol. The highest BCUT2D eigenvalue weighted by atomic mass is 19.2. The Morgan fingerprint density at radius 2 is 1.81 bits per heavy atom. The molecule has 1 aliphatic carbocycles. The average Bonchev–Trinajstić information content (AvgIpc) is 2.28. The van der Waals surface area contributed by atoms with E-state index in [0.717, 1.165) is 12.1 Å². The van der Waals surface area contributed by atoms with Crippen molar-refractivity contribution in [2.45, 2.75) is 19.3 Å². The number of hydrogen-bond donors (Lipinski definition) is 0. The third-order valence-electron chi connectivity index (χ3n) is 2.58. The summed E-state index contributed by atoms with van der Waals surface area (Å²) in [5.41, 5.74) is 0.00579. The third kappa shape index (κ3) is 1.75. The maximum absolute atomic E-state index is 13.4. The van der Waals surface area contributed by atoms with Gasteiger partial charge in [-0.1, -0.05) is 6.08 Å². The van der Waals surface area contributed by atoms with E-state index in [4.69, 9.17) is 0 Å². The Kier molecular flexibility index (Phi) is 2.81. The van der Waals surface area contributed by atoms with Crippen molar-refractivity contribution in [3.63, 3.8) is 0 Å². The molecule has 0 bridgehead atoms. The van der Waals surface area contributed by atoms with Gasteiger partial charge in [0.2, 0.25) is 0 Å². The number of carbonyl (C=O) groups is 1. The van der Waals surface area contributed by atoms with Gasteiger partial charge in [0, 0.05) is 17.6 Å². The van der Waals surface area contributed by atoms with Crippen molar-refractivity contribution in [1.82, 2.24) is 0 Å². The first-order chi connectivity index (χ1) is 7.61. The van der Waals surface area contributed by atoms with E-state index in [-0.39, 0.29) is 16.9 Å². The molecule has 84 valence electrons. The minimum Gasteiger partial charge on any atom is -0.294 e. The Bertz CT molecular complexity index is 477. The van der Waals surface area contributed by atoms with E-state index in [1.165, 1.54) is 0 Å². The maximum atomic E-state index is 13.4. The summed E-state index contributed by atoms with van der Waals surface area (Å²) in [7, 11) is 0. The standard InChI is InChI=1S/C12H9F3O/c13-9-6-5-8(11(14)12(9)15)7-3-1-2-4-10(7)16/h3,5-6H,1-2,4H2. The summed E-state index contributed by atoms with van der Waals surface area (Å²) < 4.78 is 39.1. The van der Waals surface area contributed by atoms with Crippen LogP contribution >= 0.6 is 0 Å². The number of hydrogen-bond acceptors (Lipinski definition) is 1. The van der Waals surface area contributed by atoms with Gasteiger partial charge in [0.05, 0.1) is 0 Å². The summed E-state index contributed by atoms with van der Waals surface area (Å²) in [4.78, 5) is 11.5. The first-order valence-electron chi connectivity index (χ1n) is 4.98. The van der Waals surface area contributed by atoms with Gasteiger partial charge in [-0.3, -0.25) is 4.79 Å². The zero-order valence-corrected chi connectivity index (χ0v) is 8.40. The normalized spacial score (nSPS) is 16.2. The molecule has 1 aromatic rings. The molecule has 0 atom stereocenters. The zero-order chi connectivity index (χ0) is 11.7. The number of allylic oxidation sites excluding steroid dienone is 2.